The largest absolute Gasteiger partial charge is 0.415 e. The van der Waals surface area contributed by atoms with Gasteiger partial charge in [-0.1, -0.05) is 20.8 Å². The van der Waals surface area contributed by atoms with Crippen LogP contribution in [0, 0.1) is 0 Å². The van der Waals surface area contributed by atoms with Gasteiger partial charge >= 0.3 is 0 Å². The molecular weight excluding hydrogens is 342 g/mol. The van der Waals surface area contributed by atoms with E-state index in [2.05, 4.69) is 58.9 Å². The highest BCUT2D eigenvalue weighted by Gasteiger charge is 2.39. The summed E-state index contributed by atoms with van der Waals surface area (Å²) in [6.07, 6.45) is 4.01. The summed E-state index contributed by atoms with van der Waals surface area (Å²) in [7, 11) is -1.76. The van der Waals surface area contributed by atoms with E-state index in [0.29, 0.717) is 11.7 Å². The van der Waals surface area contributed by atoms with E-state index in [1.54, 1.807) is 6.20 Å². The van der Waals surface area contributed by atoms with Crippen molar-refractivity contribution in [2.75, 3.05) is 18.1 Å². The highest BCUT2D eigenvalue weighted by Crippen LogP contribution is 2.37. The molecule has 1 aliphatic rings. The van der Waals surface area contributed by atoms with Gasteiger partial charge in [0.1, 0.15) is 5.82 Å². The number of nitrogens with zero attached hydrogens (tertiary/aromatic N) is 4. The van der Waals surface area contributed by atoms with E-state index in [9.17, 15) is 0 Å². The molecule has 0 spiro atoms. The zero-order valence-corrected chi connectivity index (χ0v) is 16.8. The summed E-state index contributed by atoms with van der Waals surface area (Å²) < 4.78 is 6.45. The lowest BCUT2D eigenvalue weighted by Crippen LogP contribution is -2.45. The van der Waals surface area contributed by atoms with E-state index in [-0.39, 0.29) is 10.3 Å². The predicted octanol–water partition coefficient (Wildman–Crippen LogP) is 4.00. The van der Waals surface area contributed by atoms with E-state index in [1.165, 1.54) is 0 Å². The molecule has 1 unspecified atom stereocenters. The van der Waals surface area contributed by atoms with Crippen molar-refractivity contribution in [1.82, 2.24) is 20.2 Å². The zero-order valence-electron chi connectivity index (χ0n) is 15.1. The fourth-order valence-corrected chi connectivity index (χ4v) is 4.03. The fourth-order valence-electron chi connectivity index (χ4n) is 2.82. The average molecular weight is 368 g/mol. The van der Waals surface area contributed by atoms with E-state index in [4.69, 9.17) is 16.0 Å². The molecule has 2 aromatic heterocycles. The Morgan fingerprint density at radius 3 is 2.83 bits per heavy atom. The molecule has 2 aromatic rings. The molecule has 8 heteroatoms. The molecule has 132 valence electrons. The lowest BCUT2D eigenvalue weighted by atomic mass is 10.2. The molecular formula is C16H26ClN5OSi. The Balaban J connectivity index is 1.82. The molecule has 0 radical (unpaired) electrons. The number of rotatable bonds is 4. The highest BCUT2D eigenvalue weighted by molar-refractivity contribution is 6.74. The van der Waals surface area contributed by atoms with Gasteiger partial charge in [-0.2, -0.15) is 15.1 Å². The SMILES string of the molecule is CC(C)(C)[Si](C)(C)OCC1CCCN1c1nc(Cl)nc2[nH]ncc12. The van der Waals surface area contributed by atoms with Gasteiger partial charge in [0.05, 0.1) is 24.2 Å². The van der Waals surface area contributed by atoms with Gasteiger partial charge in [0, 0.05) is 6.54 Å². The Morgan fingerprint density at radius 1 is 1.38 bits per heavy atom. The third kappa shape index (κ3) is 3.29. The number of fused-ring (bicyclic) bond motifs is 1. The van der Waals surface area contributed by atoms with Crippen LogP contribution >= 0.6 is 11.6 Å². The van der Waals surface area contributed by atoms with Crippen molar-refractivity contribution >= 4 is 36.8 Å². The quantitative estimate of drug-likeness (QED) is 0.653. The number of hydrogen-bond donors (Lipinski definition) is 1. The van der Waals surface area contributed by atoms with E-state index < -0.39 is 8.32 Å². The second kappa shape index (κ2) is 6.27. The number of aromatic nitrogens is 4. The molecule has 1 saturated heterocycles. The Morgan fingerprint density at radius 2 is 2.12 bits per heavy atom. The average Bonchev–Trinajstić information content (AvgIpc) is 3.11. The van der Waals surface area contributed by atoms with Crippen LogP contribution in [0.5, 0.6) is 0 Å². The second-order valence-corrected chi connectivity index (χ2v) is 13.2. The minimum absolute atomic E-state index is 0.215. The summed E-state index contributed by atoms with van der Waals surface area (Å²) >= 11 is 6.10. The second-order valence-electron chi connectivity index (χ2n) is 8.01. The first-order valence-electron chi connectivity index (χ1n) is 8.46. The number of aromatic amines is 1. The Kier molecular flexibility index (Phi) is 4.61. The Hall–Kier alpha value is -1.18. The van der Waals surface area contributed by atoms with Crippen molar-refractivity contribution in [3.63, 3.8) is 0 Å². The molecule has 0 bridgehead atoms. The first-order chi connectivity index (χ1) is 11.2. The van der Waals surface area contributed by atoms with E-state index in [1.807, 2.05) is 0 Å². The van der Waals surface area contributed by atoms with Crippen LogP contribution < -0.4 is 4.90 Å². The maximum atomic E-state index is 6.45. The van der Waals surface area contributed by atoms with Crippen LogP contribution in [0.3, 0.4) is 0 Å². The first kappa shape index (κ1) is 17.6. The lowest BCUT2D eigenvalue weighted by Gasteiger charge is -2.38. The fraction of sp³-hybridized carbons (Fsp3) is 0.688. The molecule has 1 atom stereocenters. The summed E-state index contributed by atoms with van der Waals surface area (Å²) in [5.74, 6) is 0.861. The van der Waals surface area contributed by atoms with Crippen LogP contribution in [0.4, 0.5) is 5.82 Å². The number of nitrogens with one attached hydrogen (secondary N) is 1. The summed E-state index contributed by atoms with van der Waals surface area (Å²) in [5.41, 5.74) is 0.681. The zero-order chi connectivity index (χ0) is 17.5. The molecule has 24 heavy (non-hydrogen) atoms. The normalized spacial score (nSPS) is 19.4. The van der Waals surface area contributed by atoms with Crippen molar-refractivity contribution in [2.24, 2.45) is 0 Å². The van der Waals surface area contributed by atoms with Gasteiger partial charge in [0.15, 0.2) is 14.0 Å². The molecule has 0 aliphatic carbocycles. The lowest BCUT2D eigenvalue weighted by molar-refractivity contribution is 0.263. The van der Waals surface area contributed by atoms with Crippen LogP contribution in [-0.2, 0) is 4.43 Å². The van der Waals surface area contributed by atoms with Gasteiger partial charge in [-0.15, -0.1) is 0 Å². The van der Waals surface area contributed by atoms with Crippen molar-refractivity contribution in [2.45, 2.75) is 57.8 Å². The molecule has 6 nitrogen and oxygen atoms in total. The van der Waals surface area contributed by atoms with Gasteiger partial charge in [0.2, 0.25) is 5.28 Å². The van der Waals surface area contributed by atoms with E-state index >= 15 is 0 Å². The third-order valence-corrected chi connectivity index (χ3v) is 10.0. The number of halogens is 1. The minimum Gasteiger partial charge on any atom is -0.415 e. The maximum absolute atomic E-state index is 6.45. The Labute approximate surface area is 149 Å². The molecule has 1 fully saturated rings. The first-order valence-corrected chi connectivity index (χ1v) is 11.7. The van der Waals surface area contributed by atoms with Gasteiger partial charge < -0.3 is 9.33 Å². The number of H-pyrrole nitrogens is 1. The van der Waals surface area contributed by atoms with Crippen LogP contribution in [0.25, 0.3) is 11.0 Å². The monoisotopic (exact) mass is 367 g/mol. The molecule has 3 heterocycles. The third-order valence-electron chi connectivity index (χ3n) is 5.35. The van der Waals surface area contributed by atoms with Gasteiger partial charge in [-0.25, -0.2) is 0 Å². The van der Waals surface area contributed by atoms with Crippen molar-refractivity contribution < 1.29 is 4.43 Å². The van der Waals surface area contributed by atoms with Gasteiger partial charge in [0.25, 0.3) is 0 Å². The topological polar surface area (TPSA) is 66.9 Å². The summed E-state index contributed by atoms with van der Waals surface area (Å²) in [6.45, 7) is 13.1. The summed E-state index contributed by atoms with van der Waals surface area (Å²) in [4.78, 5) is 11.0. The molecule has 0 aromatic carbocycles. The number of hydrogen-bond acceptors (Lipinski definition) is 5. The molecule has 0 saturated carbocycles. The Bertz CT molecular complexity index is 727. The summed E-state index contributed by atoms with van der Waals surface area (Å²) in [5, 5.41) is 8.34. The number of anilines is 1. The van der Waals surface area contributed by atoms with Crippen LogP contribution in [-0.4, -0.2) is 47.7 Å². The predicted molar refractivity (Wildman–Crippen MR) is 100 cm³/mol. The molecule has 1 aliphatic heterocycles. The van der Waals surface area contributed by atoms with Crippen molar-refractivity contribution in [1.29, 1.82) is 0 Å². The van der Waals surface area contributed by atoms with Gasteiger partial charge in [-0.05, 0) is 42.6 Å². The van der Waals surface area contributed by atoms with E-state index in [0.717, 1.165) is 37.2 Å². The molecule has 3 rings (SSSR count). The summed E-state index contributed by atoms with van der Waals surface area (Å²) in [6, 6.07) is 0.322. The van der Waals surface area contributed by atoms with Crippen LogP contribution in [0.15, 0.2) is 6.20 Å². The maximum Gasteiger partial charge on any atom is 0.226 e. The molecule has 1 N–H and O–H groups in total. The smallest absolute Gasteiger partial charge is 0.226 e. The minimum atomic E-state index is -1.76. The van der Waals surface area contributed by atoms with Crippen LogP contribution in [0.1, 0.15) is 33.6 Å². The van der Waals surface area contributed by atoms with Crippen molar-refractivity contribution in [3.8, 4) is 0 Å². The van der Waals surface area contributed by atoms with Crippen LogP contribution in [0.2, 0.25) is 23.4 Å². The van der Waals surface area contributed by atoms with Crippen molar-refractivity contribution in [3.05, 3.63) is 11.5 Å². The highest BCUT2D eigenvalue weighted by atomic mass is 35.5. The molecule has 0 amide bonds. The standard InChI is InChI=1S/C16H26ClN5OSi/c1-16(2,3)24(4,5)23-10-11-7-6-8-22(11)14-12-9-18-21-13(12)19-15(17)20-14/h9,11H,6-8,10H2,1-5H3,(H,18,19,20,21). The van der Waals surface area contributed by atoms with Gasteiger partial charge in [-0.3, -0.25) is 5.10 Å².